The highest BCUT2D eigenvalue weighted by molar-refractivity contribution is 5.93. The third kappa shape index (κ3) is 10.5. The molecule has 2 unspecified atom stereocenters. The average Bonchev–Trinajstić information content (AvgIpc) is 3.09. The summed E-state index contributed by atoms with van der Waals surface area (Å²) >= 11 is 0. The Morgan fingerprint density at radius 1 is 0.745 bits per heavy atom. The van der Waals surface area contributed by atoms with Crippen molar-refractivity contribution in [2.75, 3.05) is 18.5 Å². The molecule has 5 aromatic carbocycles. The fourth-order valence-electron chi connectivity index (χ4n) is 5.38. The number of phenolic OH excluding ortho intramolecular Hbond substituents is 1. The minimum Gasteiger partial charge on any atom is -0.508 e. The zero-order valence-electron chi connectivity index (χ0n) is 26.7. The zero-order valence-corrected chi connectivity index (χ0v) is 26.7. The zero-order chi connectivity index (χ0) is 32.8. The number of hydrogen-bond donors (Lipinski definition) is 3. The van der Waals surface area contributed by atoms with E-state index in [0.717, 1.165) is 28.7 Å². The van der Waals surface area contributed by atoms with Crippen LogP contribution in [0.5, 0.6) is 11.5 Å². The fourth-order valence-corrected chi connectivity index (χ4v) is 5.38. The Balaban J connectivity index is 1.32. The molecule has 47 heavy (non-hydrogen) atoms. The Morgan fingerprint density at radius 3 is 1.98 bits per heavy atom. The third-order valence-electron chi connectivity index (χ3n) is 7.97. The van der Waals surface area contributed by atoms with Crippen molar-refractivity contribution in [2.24, 2.45) is 0 Å². The fraction of sp³-hybridized carbons (Fsp3) is 0.225. The molecule has 7 nitrogen and oxygen atoms in total. The normalized spacial score (nSPS) is 12.4. The molecule has 5 rings (SSSR count). The van der Waals surface area contributed by atoms with E-state index in [4.69, 9.17) is 9.47 Å². The predicted octanol–water partition coefficient (Wildman–Crippen LogP) is 7.29. The van der Waals surface area contributed by atoms with Crippen LogP contribution in [0.4, 0.5) is 5.69 Å². The number of aromatic hydroxyl groups is 1. The summed E-state index contributed by atoms with van der Waals surface area (Å²) in [6.45, 7) is 3.69. The Labute approximate surface area is 277 Å². The van der Waals surface area contributed by atoms with Crippen LogP contribution in [0.15, 0.2) is 133 Å². The van der Waals surface area contributed by atoms with Gasteiger partial charge in [-0.15, -0.1) is 0 Å². The Morgan fingerprint density at radius 2 is 1.34 bits per heavy atom. The maximum Gasteiger partial charge on any atom is 0.250 e. The number of nitrogens with one attached hydrogen (secondary N) is 1. The van der Waals surface area contributed by atoms with E-state index in [0.29, 0.717) is 43.3 Å². The Kier molecular flexibility index (Phi) is 12.2. The third-order valence-corrected chi connectivity index (χ3v) is 7.97. The van der Waals surface area contributed by atoms with Crippen molar-refractivity contribution in [3.05, 3.63) is 161 Å². The second-order valence-electron chi connectivity index (χ2n) is 11.7. The van der Waals surface area contributed by atoms with E-state index >= 15 is 0 Å². The molecule has 0 spiro atoms. The monoisotopic (exact) mass is 630 g/mol. The number of amides is 1. The number of nitrogens with zero attached hydrogens (tertiary/aromatic N) is 1. The van der Waals surface area contributed by atoms with Crippen molar-refractivity contribution in [3.8, 4) is 11.5 Å². The summed E-state index contributed by atoms with van der Waals surface area (Å²) in [5.41, 5.74) is 5.36. The minimum atomic E-state index is -0.839. The summed E-state index contributed by atoms with van der Waals surface area (Å²) in [6.07, 6.45) is -0.0923. The summed E-state index contributed by atoms with van der Waals surface area (Å²) < 4.78 is 11.8. The van der Waals surface area contributed by atoms with Crippen LogP contribution in [-0.4, -0.2) is 40.2 Å². The number of carbonyl (C=O) groups excluding carboxylic acids is 1. The van der Waals surface area contributed by atoms with Crippen LogP contribution in [0.25, 0.3) is 0 Å². The number of aliphatic hydroxyl groups is 1. The van der Waals surface area contributed by atoms with E-state index in [2.05, 4.69) is 29.3 Å². The number of aliphatic hydroxyl groups excluding tert-OH is 1. The quantitative estimate of drug-likeness (QED) is 0.106. The minimum absolute atomic E-state index is 0.0869. The Bertz CT molecular complexity index is 1660. The van der Waals surface area contributed by atoms with Crippen LogP contribution in [0.2, 0.25) is 0 Å². The molecular weight excluding hydrogens is 588 g/mol. The second-order valence-corrected chi connectivity index (χ2v) is 11.7. The van der Waals surface area contributed by atoms with Crippen LogP contribution >= 0.6 is 0 Å². The molecule has 0 aliphatic heterocycles. The summed E-state index contributed by atoms with van der Waals surface area (Å²) in [7, 11) is 0. The van der Waals surface area contributed by atoms with Gasteiger partial charge in [-0.3, -0.25) is 9.69 Å². The van der Waals surface area contributed by atoms with Crippen molar-refractivity contribution in [3.63, 3.8) is 0 Å². The lowest BCUT2D eigenvalue weighted by Crippen LogP contribution is -2.37. The smallest absolute Gasteiger partial charge is 0.250 e. The number of benzene rings is 5. The molecule has 0 radical (unpaired) electrons. The maximum atomic E-state index is 13.0. The van der Waals surface area contributed by atoms with E-state index in [1.807, 2.05) is 97.1 Å². The maximum absolute atomic E-state index is 13.0. The molecule has 0 saturated heterocycles. The van der Waals surface area contributed by atoms with Crippen LogP contribution in [0.3, 0.4) is 0 Å². The average molecular weight is 631 g/mol. The highest BCUT2D eigenvalue weighted by atomic mass is 16.5. The molecule has 0 aliphatic rings. The standard InChI is InChI=1S/C40H42N2O5/c1-30(23-31-17-20-36(43)21-18-31)42(25-32-11-5-2-6-12-32)26-38(44)35-19-22-39(47-28-34-15-9-4-10-16-34)37(24-35)41-40(45)29-46-27-33-13-7-3-8-14-33/h2-22,24,30,38,43-44H,23,25-29H2,1H3,(H,41,45). The van der Waals surface area contributed by atoms with Crippen molar-refractivity contribution < 1.29 is 24.5 Å². The van der Waals surface area contributed by atoms with Gasteiger partial charge in [0.05, 0.1) is 18.4 Å². The molecule has 1 amide bonds. The van der Waals surface area contributed by atoms with E-state index in [1.165, 1.54) is 0 Å². The first-order chi connectivity index (χ1) is 22.9. The van der Waals surface area contributed by atoms with Crippen molar-refractivity contribution >= 4 is 11.6 Å². The lowest BCUT2D eigenvalue weighted by molar-refractivity contribution is -0.121. The summed E-state index contributed by atoms with van der Waals surface area (Å²) in [4.78, 5) is 15.2. The molecule has 0 saturated carbocycles. The van der Waals surface area contributed by atoms with Gasteiger partial charge in [0.25, 0.3) is 0 Å². The lowest BCUT2D eigenvalue weighted by Gasteiger charge is -2.31. The van der Waals surface area contributed by atoms with Gasteiger partial charge < -0.3 is 25.0 Å². The first kappa shape index (κ1) is 33.4. The van der Waals surface area contributed by atoms with Crippen LogP contribution in [0, 0.1) is 0 Å². The topological polar surface area (TPSA) is 91.3 Å². The van der Waals surface area contributed by atoms with Crippen LogP contribution in [0.1, 0.15) is 40.8 Å². The molecule has 0 aliphatic carbocycles. The number of hydrogen-bond acceptors (Lipinski definition) is 6. The highest BCUT2D eigenvalue weighted by Gasteiger charge is 2.21. The van der Waals surface area contributed by atoms with Crippen LogP contribution < -0.4 is 10.1 Å². The van der Waals surface area contributed by atoms with Crippen molar-refractivity contribution in [2.45, 2.75) is 45.2 Å². The molecule has 3 N–H and O–H groups in total. The van der Waals surface area contributed by atoms with Gasteiger partial charge in [-0.05, 0) is 65.4 Å². The first-order valence-corrected chi connectivity index (χ1v) is 15.9. The second kappa shape index (κ2) is 17.1. The van der Waals surface area contributed by atoms with Gasteiger partial charge >= 0.3 is 0 Å². The number of anilines is 1. The Hall–Kier alpha value is -4.95. The largest absolute Gasteiger partial charge is 0.508 e. The van der Waals surface area contributed by atoms with Crippen LogP contribution in [-0.2, 0) is 35.7 Å². The van der Waals surface area contributed by atoms with E-state index < -0.39 is 6.10 Å². The molecular formula is C40H42N2O5. The highest BCUT2D eigenvalue weighted by Crippen LogP contribution is 2.30. The van der Waals surface area contributed by atoms with Gasteiger partial charge in [0, 0.05) is 19.1 Å². The van der Waals surface area contributed by atoms with E-state index in [1.54, 1.807) is 24.3 Å². The first-order valence-electron chi connectivity index (χ1n) is 15.9. The van der Waals surface area contributed by atoms with Crippen molar-refractivity contribution in [1.29, 1.82) is 0 Å². The molecule has 0 bridgehead atoms. The molecule has 5 aromatic rings. The van der Waals surface area contributed by atoms with Gasteiger partial charge in [0.15, 0.2) is 0 Å². The molecule has 0 heterocycles. The van der Waals surface area contributed by atoms with E-state index in [9.17, 15) is 15.0 Å². The number of ether oxygens (including phenoxy) is 2. The summed E-state index contributed by atoms with van der Waals surface area (Å²) in [5.74, 6) is 0.424. The van der Waals surface area contributed by atoms with Gasteiger partial charge in [-0.25, -0.2) is 0 Å². The van der Waals surface area contributed by atoms with Gasteiger partial charge in [-0.2, -0.15) is 0 Å². The van der Waals surface area contributed by atoms with Crippen molar-refractivity contribution in [1.82, 2.24) is 4.90 Å². The summed E-state index contributed by atoms with van der Waals surface area (Å²) in [5, 5.41) is 24.3. The van der Waals surface area contributed by atoms with Gasteiger partial charge in [0.1, 0.15) is 24.7 Å². The number of phenols is 1. The SMILES string of the molecule is CC(Cc1ccc(O)cc1)N(Cc1ccccc1)CC(O)c1ccc(OCc2ccccc2)c(NC(=O)COCc2ccccc2)c1. The van der Waals surface area contributed by atoms with E-state index in [-0.39, 0.29) is 24.3 Å². The van der Waals surface area contributed by atoms with Gasteiger partial charge in [-0.1, -0.05) is 109 Å². The predicted molar refractivity (Wildman–Crippen MR) is 185 cm³/mol. The summed E-state index contributed by atoms with van der Waals surface area (Å²) in [6, 6.07) is 42.5. The molecule has 242 valence electrons. The number of rotatable bonds is 16. The lowest BCUT2D eigenvalue weighted by atomic mass is 10.0. The van der Waals surface area contributed by atoms with Gasteiger partial charge in [0.2, 0.25) is 5.91 Å². The molecule has 0 fully saturated rings. The molecule has 7 heteroatoms. The molecule has 0 aromatic heterocycles. The number of carbonyl (C=O) groups is 1. The molecule has 2 atom stereocenters.